The van der Waals surface area contributed by atoms with Gasteiger partial charge in [-0.05, 0) is 92.4 Å². The lowest BCUT2D eigenvalue weighted by atomic mass is 9.82. The smallest absolute Gasteiger partial charge is 0.196 e. The predicted octanol–water partition coefficient (Wildman–Crippen LogP) is 10.2. The van der Waals surface area contributed by atoms with E-state index in [2.05, 4.69) is 106 Å². The number of ketones is 1. The molecule has 0 saturated heterocycles. The van der Waals surface area contributed by atoms with Gasteiger partial charge in [-0.3, -0.25) is 9.59 Å². The van der Waals surface area contributed by atoms with E-state index in [1.807, 2.05) is 26.0 Å². The van der Waals surface area contributed by atoms with Crippen molar-refractivity contribution in [2.45, 2.75) is 53.4 Å². The Bertz CT molecular complexity index is 1890. The molecule has 5 heteroatoms. The zero-order valence-electron chi connectivity index (χ0n) is 28.3. The van der Waals surface area contributed by atoms with Gasteiger partial charge in [0.1, 0.15) is 0 Å². The molecule has 0 radical (unpaired) electrons. The van der Waals surface area contributed by atoms with Crippen LogP contribution in [0.25, 0.3) is 12.2 Å². The van der Waals surface area contributed by atoms with Crippen LogP contribution in [0.1, 0.15) is 59.7 Å². The number of nitrogens with zero attached hydrogens (tertiary/aromatic N) is 1. The normalized spacial score (nSPS) is 16.0. The first-order valence-electron chi connectivity index (χ1n) is 15.7. The van der Waals surface area contributed by atoms with Crippen LogP contribution in [0, 0.1) is 13.8 Å². The summed E-state index contributed by atoms with van der Waals surface area (Å²) in [5, 5.41) is 0. The number of anilines is 2. The fourth-order valence-corrected chi connectivity index (χ4v) is 7.02. The Labute approximate surface area is 284 Å². The van der Waals surface area contributed by atoms with Gasteiger partial charge in [-0.1, -0.05) is 92.8 Å². The molecule has 1 aromatic heterocycles. The molecule has 1 heterocycles. The molecule has 0 bridgehead atoms. The maximum atomic E-state index is 13.3. The molecule has 4 nitrogen and oxygen atoms in total. The van der Waals surface area contributed by atoms with Gasteiger partial charge in [-0.2, -0.15) is 0 Å². The van der Waals surface area contributed by atoms with Crippen LogP contribution >= 0.6 is 11.3 Å². The molecule has 4 rings (SSSR count). The number of aldehydes is 1. The summed E-state index contributed by atoms with van der Waals surface area (Å²) in [7, 11) is 0. The van der Waals surface area contributed by atoms with Gasteiger partial charge < -0.3 is 10.6 Å². The zero-order valence-corrected chi connectivity index (χ0v) is 29.1. The molecule has 1 aliphatic rings. The maximum absolute atomic E-state index is 13.3. The van der Waals surface area contributed by atoms with E-state index in [0.29, 0.717) is 11.9 Å². The number of carbonyl (C=O) groups is 2. The third kappa shape index (κ3) is 7.53. The zero-order chi connectivity index (χ0) is 34.3. The molecule has 0 atom stereocenters. The van der Waals surface area contributed by atoms with E-state index in [4.69, 9.17) is 5.73 Å². The Morgan fingerprint density at radius 1 is 1.02 bits per heavy atom. The fourth-order valence-electron chi connectivity index (χ4n) is 5.73. The summed E-state index contributed by atoms with van der Waals surface area (Å²) in [6, 6.07) is 17.0. The van der Waals surface area contributed by atoms with Crippen molar-refractivity contribution in [3.8, 4) is 0 Å². The number of fused-ring (bicyclic) bond motifs is 1. The predicted molar refractivity (Wildman–Crippen MR) is 202 cm³/mol. The standard InChI is InChI=1S/C42H44N2O2S/c1-9-12-14-31-21-35(20-17-30(31)6)44(34-18-15-28(4)16-19-34)36(26-43)23-33-24-40-39(42(33,7)8)25-37(47-40)22-32(27-45)41(46)38(13-10-2)29(5)11-3/h9-23,25-27H,1-2,24,43H2,3-8H3/b14-12-,29-11-,32-22-,33-23+,36-26+,38-13+. The van der Waals surface area contributed by atoms with Gasteiger partial charge in [0.2, 0.25) is 0 Å². The maximum Gasteiger partial charge on any atom is 0.196 e. The topological polar surface area (TPSA) is 63.4 Å². The molecule has 0 unspecified atom stereocenters. The van der Waals surface area contributed by atoms with Crippen LogP contribution in [0.4, 0.5) is 11.4 Å². The highest BCUT2D eigenvalue weighted by atomic mass is 32.1. The van der Waals surface area contributed by atoms with Crippen LogP contribution in [0.5, 0.6) is 0 Å². The molecule has 1 aliphatic carbocycles. The third-order valence-electron chi connectivity index (χ3n) is 8.71. The quantitative estimate of drug-likeness (QED) is 0.0704. The van der Waals surface area contributed by atoms with Crippen molar-refractivity contribution in [3.63, 3.8) is 0 Å². The number of hydrogen-bond donors (Lipinski definition) is 1. The highest BCUT2D eigenvalue weighted by Crippen LogP contribution is 2.48. The Kier molecular flexibility index (Phi) is 11.2. The van der Waals surface area contributed by atoms with E-state index in [9.17, 15) is 9.59 Å². The number of allylic oxidation sites excluding steroid dienone is 10. The lowest BCUT2D eigenvalue weighted by Crippen LogP contribution is -2.20. The molecule has 3 aromatic rings. The number of aryl methyl sites for hydroxylation is 2. The van der Waals surface area contributed by atoms with Gasteiger partial charge in [-0.15, -0.1) is 11.3 Å². The minimum absolute atomic E-state index is 0.121. The van der Waals surface area contributed by atoms with Crippen LogP contribution in [-0.2, 0) is 21.4 Å². The van der Waals surface area contributed by atoms with Crippen LogP contribution in [0.2, 0.25) is 0 Å². The fraction of sp³-hybridized carbons (Fsp3) is 0.190. The van der Waals surface area contributed by atoms with Gasteiger partial charge in [0.25, 0.3) is 0 Å². The second kappa shape index (κ2) is 15.1. The lowest BCUT2D eigenvalue weighted by Gasteiger charge is -2.29. The van der Waals surface area contributed by atoms with Crippen molar-refractivity contribution in [1.29, 1.82) is 0 Å². The van der Waals surface area contributed by atoms with E-state index in [-0.39, 0.29) is 16.8 Å². The lowest BCUT2D eigenvalue weighted by molar-refractivity contribution is -0.114. The average Bonchev–Trinajstić information content (AvgIpc) is 3.57. The van der Waals surface area contributed by atoms with Crippen molar-refractivity contribution in [2.75, 3.05) is 4.90 Å². The Morgan fingerprint density at radius 3 is 2.32 bits per heavy atom. The Morgan fingerprint density at radius 2 is 1.72 bits per heavy atom. The summed E-state index contributed by atoms with van der Waals surface area (Å²) in [6.45, 7) is 19.9. The van der Waals surface area contributed by atoms with Crippen molar-refractivity contribution < 1.29 is 9.59 Å². The Balaban J connectivity index is 1.74. The van der Waals surface area contributed by atoms with Crippen LogP contribution in [-0.4, -0.2) is 12.1 Å². The highest BCUT2D eigenvalue weighted by molar-refractivity contribution is 7.13. The van der Waals surface area contributed by atoms with Gasteiger partial charge in [0.05, 0.1) is 11.3 Å². The SMILES string of the molecule is C=C/C=C\c1cc(N(C(=C/N)/C=C2\Cc3sc(/C=C(/C=O)C(=O)C(=C/C=C)/C(C)=C\C)cc3C2(C)C)c2ccc(C)cc2)ccc1C. The second-order valence-corrected chi connectivity index (χ2v) is 13.4. The van der Waals surface area contributed by atoms with E-state index in [1.165, 1.54) is 27.1 Å². The molecular formula is C42H44N2O2S. The summed E-state index contributed by atoms with van der Waals surface area (Å²) < 4.78 is 0. The van der Waals surface area contributed by atoms with Crippen LogP contribution in [0.15, 0.2) is 132 Å². The number of benzene rings is 2. The molecule has 0 spiro atoms. The van der Waals surface area contributed by atoms with Crippen molar-refractivity contribution in [2.24, 2.45) is 5.73 Å². The number of carbonyl (C=O) groups excluding carboxylic acids is 2. The largest absolute Gasteiger partial charge is 0.403 e. The van der Waals surface area contributed by atoms with Crippen molar-refractivity contribution >= 4 is 46.9 Å². The minimum Gasteiger partial charge on any atom is -0.403 e. The second-order valence-electron chi connectivity index (χ2n) is 12.2. The van der Waals surface area contributed by atoms with E-state index in [1.54, 1.807) is 41.8 Å². The molecule has 2 N–H and O–H groups in total. The molecular weight excluding hydrogens is 597 g/mol. The molecule has 240 valence electrons. The summed E-state index contributed by atoms with van der Waals surface area (Å²) in [6.07, 6.45) is 17.8. The molecule has 0 saturated carbocycles. The summed E-state index contributed by atoms with van der Waals surface area (Å²) in [4.78, 5) is 29.7. The van der Waals surface area contributed by atoms with E-state index in [0.717, 1.165) is 39.5 Å². The number of thiophene rings is 1. The van der Waals surface area contributed by atoms with Gasteiger partial charge in [-0.25, -0.2) is 0 Å². The first kappa shape index (κ1) is 34.9. The van der Waals surface area contributed by atoms with E-state index < -0.39 is 0 Å². The monoisotopic (exact) mass is 640 g/mol. The van der Waals surface area contributed by atoms with Crippen LogP contribution in [0.3, 0.4) is 0 Å². The minimum atomic E-state index is -0.308. The number of rotatable bonds is 12. The average molecular weight is 641 g/mol. The molecule has 0 aliphatic heterocycles. The molecule has 47 heavy (non-hydrogen) atoms. The number of hydrogen-bond acceptors (Lipinski definition) is 5. The number of nitrogens with two attached hydrogens (primary N) is 1. The van der Waals surface area contributed by atoms with Crippen molar-refractivity contribution in [3.05, 3.63) is 164 Å². The van der Waals surface area contributed by atoms with Gasteiger partial charge in [0.15, 0.2) is 12.1 Å². The summed E-state index contributed by atoms with van der Waals surface area (Å²) >= 11 is 1.61. The highest BCUT2D eigenvalue weighted by Gasteiger charge is 2.37. The summed E-state index contributed by atoms with van der Waals surface area (Å²) in [5.41, 5.74) is 16.2. The van der Waals surface area contributed by atoms with E-state index >= 15 is 0 Å². The van der Waals surface area contributed by atoms with Crippen molar-refractivity contribution in [1.82, 2.24) is 0 Å². The Hall–Kier alpha value is -5.00. The molecule has 0 amide bonds. The first-order chi connectivity index (χ1) is 22.5. The summed E-state index contributed by atoms with van der Waals surface area (Å²) in [5.74, 6) is -0.308. The van der Waals surface area contributed by atoms with Gasteiger partial charge in [0, 0.05) is 44.7 Å². The van der Waals surface area contributed by atoms with Gasteiger partial charge >= 0.3 is 0 Å². The van der Waals surface area contributed by atoms with Crippen LogP contribution < -0.4 is 10.6 Å². The third-order valence-corrected chi connectivity index (χ3v) is 9.79. The molecule has 0 fully saturated rings. The number of Topliss-reactive ketones (excluding diaryl/α,β-unsaturated/α-hetero) is 1. The first-order valence-corrected chi connectivity index (χ1v) is 16.5. The molecule has 2 aromatic carbocycles.